The van der Waals surface area contributed by atoms with Crippen molar-refractivity contribution in [1.82, 2.24) is 4.98 Å². The average molecular weight is 514 g/mol. The average Bonchev–Trinajstić information content (AvgIpc) is 2.72. The van der Waals surface area contributed by atoms with Gasteiger partial charge in [-0.15, -0.1) is 0 Å². The highest BCUT2D eigenvalue weighted by atomic mass is 19.4. The van der Waals surface area contributed by atoms with Gasteiger partial charge in [-0.05, 0) is 11.6 Å². The molecule has 0 spiro atoms. The summed E-state index contributed by atoms with van der Waals surface area (Å²) in [6, 6.07) is 6.35. The molecule has 0 saturated carbocycles. The molecule has 0 aliphatic rings. The first-order valence-electron chi connectivity index (χ1n) is 8.37. The normalized spacial score (nSPS) is 14.1. The standard InChI is InChI=1S/C18H7F13N2O/c19-13(20,14(21,22)15(23,24)16(25,26)17(27,28)18(29,30)31)10-6-11(8-4-2-1-3-5-8)33-12(34)9(10)7-32/h1-6H,(H,33,34). The van der Waals surface area contributed by atoms with Crippen LogP contribution in [0, 0.1) is 11.3 Å². The van der Waals surface area contributed by atoms with Gasteiger partial charge < -0.3 is 4.98 Å². The highest BCUT2D eigenvalue weighted by Gasteiger charge is 2.91. The van der Waals surface area contributed by atoms with E-state index in [1.807, 2.05) is 0 Å². The van der Waals surface area contributed by atoms with Crippen molar-refractivity contribution in [1.29, 1.82) is 5.26 Å². The van der Waals surface area contributed by atoms with Gasteiger partial charge in [0.25, 0.3) is 5.56 Å². The van der Waals surface area contributed by atoms with Gasteiger partial charge in [-0.3, -0.25) is 4.79 Å². The molecule has 2 aromatic rings. The first-order chi connectivity index (χ1) is 15.2. The molecule has 16 heteroatoms. The van der Waals surface area contributed by atoms with Crippen LogP contribution in [0.25, 0.3) is 11.3 Å². The Kier molecular flexibility index (Phi) is 6.28. The molecule has 34 heavy (non-hydrogen) atoms. The number of hydrogen-bond acceptors (Lipinski definition) is 2. The summed E-state index contributed by atoms with van der Waals surface area (Å²) in [4.78, 5) is 13.7. The van der Waals surface area contributed by atoms with E-state index in [4.69, 9.17) is 5.26 Å². The molecule has 0 saturated heterocycles. The number of aromatic amines is 1. The van der Waals surface area contributed by atoms with E-state index in [9.17, 15) is 61.9 Å². The number of aromatic nitrogens is 1. The zero-order valence-corrected chi connectivity index (χ0v) is 15.7. The molecule has 0 fully saturated rings. The maximum absolute atomic E-state index is 14.6. The van der Waals surface area contributed by atoms with Crippen LogP contribution < -0.4 is 5.56 Å². The minimum Gasteiger partial charge on any atom is -0.321 e. The quantitative estimate of drug-likeness (QED) is 0.474. The van der Waals surface area contributed by atoms with Gasteiger partial charge >= 0.3 is 35.8 Å². The summed E-state index contributed by atoms with van der Waals surface area (Å²) in [5, 5.41) is 8.84. The molecule has 1 aromatic carbocycles. The van der Waals surface area contributed by atoms with Crippen molar-refractivity contribution in [3.05, 3.63) is 57.9 Å². The van der Waals surface area contributed by atoms with Gasteiger partial charge in [0, 0.05) is 5.69 Å². The Morgan fingerprint density at radius 3 is 1.62 bits per heavy atom. The Balaban J connectivity index is 2.81. The van der Waals surface area contributed by atoms with Crippen LogP contribution >= 0.6 is 0 Å². The minimum atomic E-state index is -8.10. The van der Waals surface area contributed by atoms with Crippen LogP contribution in [0.2, 0.25) is 0 Å². The van der Waals surface area contributed by atoms with Gasteiger partial charge in [0.1, 0.15) is 11.6 Å². The van der Waals surface area contributed by atoms with Gasteiger partial charge in [0.15, 0.2) is 0 Å². The van der Waals surface area contributed by atoms with Crippen LogP contribution in [0.4, 0.5) is 57.1 Å². The van der Waals surface area contributed by atoms with Crippen LogP contribution in [0.3, 0.4) is 0 Å². The summed E-state index contributed by atoms with van der Waals surface area (Å²) < 4.78 is 175. The number of alkyl halides is 13. The van der Waals surface area contributed by atoms with Crippen molar-refractivity contribution in [2.24, 2.45) is 0 Å². The largest absolute Gasteiger partial charge is 0.460 e. The monoisotopic (exact) mass is 514 g/mol. The van der Waals surface area contributed by atoms with Crippen LogP contribution in [-0.2, 0) is 5.92 Å². The topological polar surface area (TPSA) is 56.6 Å². The second-order valence-electron chi connectivity index (χ2n) is 6.65. The molecule has 0 aliphatic heterocycles. The Hall–Kier alpha value is -3.25. The molecule has 0 atom stereocenters. The van der Waals surface area contributed by atoms with Crippen molar-refractivity contribution >= 4 is 0 Å². The van der Waals surface area contributed by atoms with E-state index in [0.29, 0.717) is 6.07 Å². The van der Waals surface area contributed by atoms with Gasteiger partial charge in [0.2, 0.25) is 0 Å². The summed E-state index contributed by atoms with van der Waals surface area (Å²) >= 11 is 0. The van der Waals surface area contributed by atoms with E-state index in [1.54, 1.807) is 4.98 Å². The van der Waals surface area contributed by atoms with Crippen LogP contribution in [-0.4, -0.2) is 34.9 Å². The summed E-state index contributed by atoms with van der Waals surface area (Å²) in [5.74, 6) is -38.4. The number of pyridine rings is 1. The lowest BCUT2D eigenvalue weighted by molar-refractivity contribution is -0.441. The number of nitrogens with zero attached hydrogens (tertiary/aromatic N) is 1. The number of nitrogens with one attached hydrogen (secondary N) is 1. The fraction of sp³-hybridized carbons (Fsp3) is 0.333. The van der Waals surface area contributed by atoms with Gasteiger partial charge in [0.05, 0.1) is 5.56 Å². The molecule has 0 amide bonds. The van der Waals surface area contributed by atoms with Crippen LogP contribution in [0.15, 0.2) is 41.2 Å². The lowest BCUT2D eigenvalue weighted by atomic mass is 9.88. The lowest BCUT2D eigenvalue weighted by Crippen LogP contribution is -2.69. The van der Waals surface area contributed by atoms with Gasteiger partial charge in [-0.1, -0.05) is 30.3 Å². The predicted molar refractivity (Wildman–Crippen MR) is 87.0 cm³/mol. The number of H-pyrrole nitrogens is 1. The summed E-state index contributed by atoms with van der Waals surface area (Å²) in [6.07, 6.45) is -7.55. The fourth-order valence-corrected chi connectivity index (χ4v) is 2.63. The number of hydrogen-bond donors (Lipinski definition) is 1. The molecule has 186 valence electrons. The highest BCUT2D eigenvalue weighted by molar-refractivity contribution is 5.61. The first kappa shape index (κ1) is 27.0. The van der Waals surface area contributed by atoms with Gasteiger partial charge in [-0.25, -0.2) is 0 Å². The third-order valence-corrected chi connectivity index (χ3v) is 4.50. The van der Waals surface area contributed by atoms with Crippen molar-refractivity contribution < 1.29 is 57.1 Å². The number of halogens is 13. The molecule has 0 radical (unpaired) electrons. The molecule has 3 nitrogen and oxygen atoms in total. The van der Waals surface area contributed by atoms with E-state index < -0.39 is 58.2 Å². The van der Waals surface area contributed by atoms with Crippen molar-refractivity contribution in [3.8, 4) is 17.3 Å². The maximum atomic E-state index is 14.6. The first-order valence-corrected chi connectivity index (χ1v) is 8.37. The highest BCUT2D eigenvalue weighted by Crippen LogP contribution is 2.62. The summed E-state index contributed by atoms with van der Waals surface area (Å²) in [5.41, 5.74) is -7.60. The molecule has 0 aliphatic carbocycles. The molecule has 1 N–H and O–H groups in total. The summed E-state index contributed by atoms with van der Waals surface area (Å²) in [6.45, 7) is 0. The molecule has 0 unspecified atom stereocenters. The third kappa shape index (κ3) is 3.66. The second kappa shape index (κ2) is 7.91. The second-order valence-corrected chi connectivity index (χ2v) is 6.65. The van der Waals surface area contributed by atoms with Crippen LogP contribution in [0.5, 0.6) is 0 Å². The van der Waals surface area contributed by atoms with Crippen molar-refractivity contribution in [2.45, 2.75) is 35.8 Å². The smallest absolute Gasteiger partial charge is 0.321 e. The van der Waals surface area contributed by atoms with E-state index in [2.05, 4.69) is 0 Å². The Morgan fingerprint density at radius 2 is 1.18 bits per heavy atom. The minimum absolute atomic E-state index is 0.195. The van der Waals surface area contributed by atoms with Crippen molar-refractivity contribution in [2.75, 3.05) is 0 Å². The number of benzene rings is 1. The van der Waals surface area contributed by atoms with E-state index in [-0.39, 0.29) is 11.6 Å². The van der Waals surface area contributed by atoms with E-state index >= 15 is 0 Å². The summed E-state index contributed by atoms with van der Waals surface area (Å²) in [7, 11) is 0. The Labute approximate surface area is 179 Å². The molecule has 1 heterocycles. The lowest BCUT2D eigenvalue weighted by Gasteiger charge is -2.39. The van der Waals surface area contributed by atoms with Crippen molar-refractivity contribution in [3.63, 3.8) is 0 Å². The molecule has 0 bridgehead atoms. The molecular weight excluding hydrogens is 507 g/mol. The molecule has 1 aromatic heterocycles. The Morgan fingerprint density at radius 1 is 0.706 bits per heavy atom. The SMILES string of the molecule is N#Cc1c(C(F)(F)C(F)(F)C(F)(F)C(F)(F)C(F)(F)C(F)(F)F)cc(-c2ccccc2)[nH]c1=O. The molecular formula is C18H7F13N2O. The van der Waals surface area contributed by atoms with E-state index in [1.165, 1.54) is 18.2 Å². The zero-order chi connectivity index (χ0) is 26.5. The number of nitriles is 1. The third-order valence-electron chi connectivity index (χ3n) is 4.50. The molecule has 2 rings (SSSR count). The van der Waals surface area contributed by atoms with Gasteiger partial charge in [-0.2, -0.15) is 62.3 Å². The predicted octanol–water partition coefficient (Wildman–Crippen LogP) is 6.11. The number of rotatable bonds is 6. The Bertz CT molecular complexity index is 1160. The van der Waals surface area contributed by atoms with Crippen LogP contribution in [0.1, 0.15) is 11.1 Å². The fourth-order valence-electron chi connectivity index (χ4n) is 2.63. The zero-order valence-electron chi connectivity index (χ0n) is 15.7. The maximum Gasteiger partial charge on any atom is 0.460 e. The van der Waals surface area contributed by atoms with E-state index in [0.717, 1.165) is 12.1 Å².